The van der Waals surface area contributed by atoms with E-state index in [2.05, 4.69) is 10.3 Å². The van der Waals surface area contributed by atoms with E-state index < -0.39 is 0 Å². The van der Waals surface area contributed by atoms with Gasteiger partial charge >= 0.3 is 0 Å². The van der Waals surface area contributed by atoms with Gasteiger partial charge in [0.2, 0.25) is 5.91 Å². The molecule has 2 aromatic rings. The fourth-order valence-corrected chi connectivity index (χ4v) is 1.89. The highest BCUT2D eigenvalue weighted by Gasteiger charge is 2.08. The summed E-state index contributed by atoms with van der Waals surface area (Å²) in [5.74, 6) is -0.0583. The van der Waals surface area contributed by atoms with Gasteiger partial charge in [0.25, 0.3) is 0 Å². The van der Waals surface area contributed by atoms with Crippen molar-refractivity contribution in [1.29, 1.82) is 0 Å². The van der Waals surface area contributed by atoms with Crippen molar-refractivity contribution < 1.29 is 4.79 Å². The van der Waals surface area contributed by atoms with Gasteiger partial charge in [-0.1, -0.05) is 24.3 Å². The molecule has 0 saturated carbocycles. The average molecular weight is 255 g/mol. The summed E-state index contributed by atoms with van der Waals surface area (Å²) in [6.45, 7) is 2.38. The minimum absolute atomic E-state index is 0.0583. The second-order valence-electron chi connectivity index (χ2n) is 4.39. The molecule has 0 spiro atoms. The summed E-state index contributed by atoms with van der Waals surface area (Å²) >= 11 is 0. The molecule has 1 aromatic carbocycles. The summed E-state index contributed by atoms with van der Waals surface area (Å²) < 4.78 is 0. The molecule has 1 amide bonds. The topological polar surface area (TPSA) is 68.0 Å². The van der Waals surface area contributed by atoms with E-state index in [4.69, 9.17) is 5.73 Å². The van der Waals surface area contributed by atoms with Crippen molar-refractivity contribution in [3.8, 4) is 0 Å². The van der Waals surface area contributed by atoms with Gasteiger partial charge in [-0.15, -0.1) is 0 Å². The van der Waals surface area contributed by atoms with E-state index in [1.807, 2.05) is 37.3 Å². The number of carbonyl (C=O) groups is 1. The lowest BCUT2D eigenvalue weighted by molar-refractivity contribution is -0.115. The van der Waals surface area contributed by atoms with Gasteiger partial charge in [-0.2, -0.15) is 0 Å². The Balaban J connectivity index is 2.08. The number of hydrogen-bond donors (Lipinski definition) is 2. The van der Waals surface area contributed by atoms with Crippen molar-refractivity contribution >= 4 is 11.6 Å². The zero-order valence-electron chi connectivity index (χ0n) is 10.9. The molecule has 0 aliphatic rings. The third kappa shape index (κ3) is 3.39. The van der Waals surface area contributed by atoms with Gasteiger partial charge in [0.1, 0.15) is 0 Å². The van der Waals surface area contributed by atoms with Crippen molar-refractivity contribution in [2.24, 2.45) is 5.73 Å². The summed E-state index contributed by atoms with van der Waals surface area (Å²) in [5, 5.41) is 2.87. The van der Waals surface area contributed by atoms with E-state index in [9.17, 15) is 4.79 Å². The summed E-state index contributed by atoms with van der Waals surface area (Å²) in [4.78, 5) is 16.0. The molecule has 1 aromatic heterocycles. The molecule has 1 heterocycles. The fraction of sp³-hybridized carbons (Fsp3) is 0.200. The standard InChI is InChI=1S/C15H17N3O/c1-11-6-7-17-10-14(11)18-15(19)8-12-4-2-3-5-13(12)9-16/h2-7,10H,8-9,16H2,1H3,(H,18,19). The van der Waals surface area contributed by atoms with Crippen LogP contribution in [0.3, 0.4) is 0 Å². The lowest BCUT2D eigenvalue weighted by atomic mass is 10.0. The van der Waals surface area contributed by atoms with Crippen LogP contribution in [0.15, 0.2) is 42.7 Å². The molecule has 98 valence electrons. The molecular formula is C15H17N3O. The molecule has 4 nitrogen and oxygen atoms in total. The second kappa shape index (κ2) is 6.11. The first kappa shape index (κ1) is 13.2. The minimum atomic E-state index is -0.0583. The third-order valence-electron chi connectivity index (χ3n) is 3.00. The quantitative estimate of drug-likeness (QED) is 0.878. The molecule has 19 heavy (non-hydrogen) atoms. The van der Waals surface area contributed by atoms with Crippen molar-refractivity contribution in [3.63, 3.8) is 0 Å². The molecule has 0 saturated heterocycles. The van der Waals surface area contributed by atoms with Crippen LogP contribution in [0.5, 0.6) is 0 Å². The van der Waals surface area contributed by atoms with Crippen LogP contribution in [0.4, 0.5) is 5.69 Å². The molecule has 0 atom stereocenters. The summed E-state index contributed by atoms with van der Waals surface area (Å²) in [5.41, 5.74) is 9.37. The number of pyridine rings is 1. The van der Waals surface area contributed by atoms with Crippen LogP contribution in [-0.4, -0.2) is 10.9 Å². The van der Waals surface area contributed by atoms with Gasteiger partial charge in [0.15, 0.2) is 0 Å². The lowest BCUT2D eigenvalue weighted by Crippen LogP contribution is -2.16. The number of hydrogen-bond acceptors (Lipinski definition) is 3. The minimum Gasteiger partial charge on any atom is -0.326 e. The van der Waals surface area contributed by atoms with Gasteiger partial charge in [-0.25, -0.2) is 0 Å². The molecule has 0 aliphatic heterocycles. The maximum absolute atomic E-state index is 12.0. The predicted molar refractivity (Wildman–Crippen MR) is 75.6 cm³/mol. The Kier molecular flexibility index (Phi) is 4.26. The Morgan fingerprint density at radius 1 is 1.26 bits per heavy atom. The second-order valence-corrected chi connectivity index (χ2v) is 4.39. The Morgan fingerprint density at radius 3 is 2.68 bits per heavy atom. The third-order valence-corrected chi connectivity index (χ3v) is 3.00. The maximum Gasteiger partial charge on any atom is 0.228 e. The summed E-state index contributed by atoms with van der Waals surface area (Å²) in [6, 6.07) is 9.57. The maximum atomic E-state index is 12.0. The Morgan fingerprint density at radius 2 is 2.00 bits per heavy atom. The molecule has 3 N–H and O–H groups in total. The number of nitrogens with zero attached hydrogens (tertiary/aromatic N) is 1. The van der Waals surface area contributed by atoms with E-state index in [1.54, 1.807) is 12.4 Å². The molecule has 0 fully saturated rings. The highest BCUT2D eigenvalue weighted by molar-refractivity contribution is 5.92. The molecular weight excluding hydrogens is 238 g/mol. The number of aromatic nitrogens is 1. The van der Waals surface area contributed by atoms with Crippen LogP contribution in [0.25, 0.3) is 0 Å². The van der Waals surface area contributed by atoms with Crippen LogP contribution in [-0.2, 0) is 17.8 Å². The van der Waals surface area contributed by atoms with Gasteiger partial charge in [-0.05, 0) is 29.7 Å². The Hall–Kier alpha value is -2.20. The number of nitrogens with two attached hydrogens (primary N) is 1. The fourth-order valence-electron chi connectivity index (χ4n) is 1.89. The molecule has 0 radical (unpaired) electrons. The zero-order chi connectivity index (χ0) is 13.7. The predicted octanol–water partition coefficient (Wildman–Crippen LogP) is 2.03. The Labute approximate surface area is 112 Å². The van der Waals surface area contributed by atoms with Gasteiger partial charge in [0.05, 0.1) is 18.3 Å². The summed E-state index contributed by atoms with van der Waals surface area (Å²) in [6.07, 6.45) is 3.68. The number of benzene rings is 1. The number of aryl methyl sites for hydroxylation is 1. The molecule has 0 bridgehead atoms. The monoisotopic (exact) mass is 255 g/mol. The largest absolute Gasteiger partial charge is 0.326 e. The van der Waals surface area contributed by atoms with Gasteiger partial charge in [0, 0.05) is 12.7 Å². The normalized spacial score (nSPS) is 10.2. The number of rotatable bonds is 4. The van der Waals surface area contributed by atoms with E-state index in [0.717, 1.165) is 22.4 Å². The first-order valence-electron chi connectivity index (χ1n) is 6.18. The average Bonchev–Trinajstić information content (AvgIpc) is 2.42. The highest BCUT2D eigenvalue weighted by atomic mass is 16.1. The van der Waals surface area contributed by atoms with Crippen molar-refractivity contribution in [3.05, 3.63) is 59.4 Å². The van der Waals surface area contributed by atoms with Crippen LogP contribution >= 0.6 is 0 Å². The van der Waals surface area contributed by atoms with Crippen molar-refractivity contribution in [2.75, 3.05) is 5.32 Å². The van der Waals surface area contributed by atoms with Gasteiger partial charge < -0.3 is 11.1 Å². The molecule has 2 rings (SSSR count). The Bertz CT molecular complexity index is 581. The van der Waals surface area contributed by atoms with Crippen molar-refractivity contribution in [1.82, 2.24) is 4.98 Å². The first-order valence-corrected chi connectivity index (χ1v) is 6.18. The summed E-state index contributed by atoms with van der Waals surface area (Å²) in [7, 11) is 0. The van der Waals surface area contributed by atoms with Crippen molar-refractivity contribution in [2.45, 2.75) is 19.9 Å². The van der Waals surface area contributed by atoms with Crippen LogP contribution in [0, 0.1) is 6.92 Å². The number of amides is 1. The van der Waals surface area contributed by atoms with Crippen LogP contribution in [0.2, 0.25) is 0 Å². The SMILES string of the molecule is Cc1ccncc1NC(=O)Cc1ccccc1CN. The van der Waals surface area contributed by atoms with Crippen LogP contribution < -0.4 is 11.1 Å². The zero-order valence-corrected chi connectivity index (χ0v) is 10.9. The molecule has 0 unspecified atom stereocenters. The first-order chi connectivity index (χ1) is 9.20. The smallest absolute Gasteiger partial charge is 0.228 e. The van der Waals surface area contributed by atoms with Gasteiger partial charge in [-0.3, -0.25) is 9.78 Å². The number of carbonyl (C=O) groups excluding carboxylic acids is 1. The highest BCUT2D eigenvalue weighted by Crippen LogP contribution is 2.13. The van der Waals surface area contributed by atoms with E-state index >= 15 is 0 Å². The molecule has 4 heteroatoms. The van der Waals surface area contributed by atoms with E-state index in [1.165, 1.54) is 0 Å². The van der Waals surface area contributed by atoms with E-state index in [-0.39, 0.29) is 5.91 Å². The molecule has 0 aliphatic carbocycles. The lowest BCUT2D eigenvalue weighted by Gasteiger charge is -2.09. The van der Waals surface area contributed by atoms with Crippen LogP contribution in [0.1, 0.15) is 16.7 Å². The number of anilines is 1. The number of nitrogens with one attached hydrogen (secondary N) is 1. The van der Waals surface area contributed by atoms with E-state index in [0.29, 0.717) is 13.0 Å².